The minimum Gasteiger partial charge on any atom is -0.480 e. The van der Waals surface area contributed by atoms with Crippen LogP contribution in [0.1, 0.15) is 39.0 Å². The Morgan fingerprint density at radius 3 is 2.82 bits per heavy atom. The lowest BCUT2D eigenvalue weighted by Crippen LogP contribution is -2.51. The number of piperidine rings is 1. The standard InChI is InChI=1S/C13H20N2O2/c1-10-3-2-8-15(11(10)12(16)17)9-13(4-5-13)6-7-14/h10-11H,2-6,8-9H2,1H3,(H,16,17). The van der Waals surface area contributed by atoms with E-state index in [1.54, 1.807) is 0 Å². The Bertz CT molecular complexity index is 344. The Kier molecular flexibility index (Phi) is 3.39. The highest BCUT2D eigenvalue weighted by molar-refractivity contribution is 5.74. The maximum absolute atomic E-state index is 11.3. The number of aliphatic carboxylic acids is 1. The van der Waals surface area contributed by atoms with Crippen LogP contribution in [0.15, 0.2) is 0 Å². The van der Waals surface area contributed by atoms with Crippen molar-refractivity contribution in [1.29, 1.82) is 5.26 Å². The van der Waals surface area contributed by atoms with Crippen LogP contribution in [0, 0.1) is 22.7 Å². The average Bonchev–Trinajstić information content (AvgIpc) is 2.97. The summed E-state index contributed by atoms with van der Waals surface area (Å²) in [5, 5.41) is 18.1. The predicted molar refractivity (Wildman–Crippen MR) is 63.3 cm³/mol. The van der Waals surface area contributed by atoms with Crippen LogP contribution in [-0.2, 0) is 4.79 Å². The highest BCUT2D eigenvalue weighted by Gasteiger charge is 2.46. The van der Waals surface area contributed by atoms with E-state index >= 15 is 0 Å². The van der Waals surface area contributed by atoms with E-state index in [1.807, 2.05) is 6.92 Å². The van der Waals surface area contributed by atoms with Crippen molar-refractivity contribution in [3.05, 3.63) is 0 Å². The molecule has 0 radical (unpaired) electrons. The van der Waals surface area contributed by atoms with Crippen molar-refractivity contribution in [2.75, 3.05) is 13.1 Å². The summed E-state index contributed by atoms with van der Waals surface area (Å²) < 4.78 is 0. The predicted octanol–water partition coefficient (Wildman–Crippen LogP) is 1.87. The van der Waals surface area contributed by atoms with Gasteiger partial charge in [-0.1, -0.05) is 6.92 Å². The molecule has 0 amide bonds. The first kappa shape index (κ1) is 12.4. The van der Waals surface area contributed by atoms with E-state index in [0.717, 1.165) is 38.8 Å². The van der Waals surface area contributed by atoms with Gasteiger partial charge in [-0.25, -0.2) is 0 Å². The van der Waals surface area contributed by atoms with Crippen molar-refractivity contribution in [2.24, 2.45) is 11.3 Å². The van der Waals surface area contributed by atoms with Gasteiger partial charge >= 0.3 is 5.97 Å². The van der Waals surface area contributed by atoms with Crippen molar-refractivity contribution in [3.8, 4) is 6.07 Å². The van der Waals surface area contributed by atoms with E-state index in [4.69, 9.17) is 5.26 Å². The number of carboxylic acid groups (broad SMARTS) is 1. The second-order valence-electron chi connectivity index (χ2n) is 5.71. The maximum atomic E-state index is 11.3. The number of hydrogen-bond acceptors (Lipinski definition) is 3. The van der Waals surface area contributed by atoms with E-state index in [1.165, 1.54) is 0 Å². The fraction of sp³-hybridized carbons (Fsp3) is 0.846. The highest BCUT2D eigenvalue weighted by atomic mass is 16.4. The molecule has 2 aliphatic rings. The molecule has 0 bridgehead atoms. The van der Waals surface area contributed by atoms with E-state index in [9.17, 15) is 9.90 Å². The molecule has 2 unspecified atom stereocenters. The first-order valence-corrected chi connectivity index (χ1v) is 6.42. The summed E-state index contributed by atoms with van der Waals surface area (Å²) in [6.45, 7) is 3.69. The lowest BCUT2D eigenvalue weighted by molar-refractivity contribution is -0.147. The summed E-state index contributed by atoms with van der Waals surface area (Å²) in [7, 11) is 0. The minimum atomic E-state index is -0.704. The first-order chi connectivity index (χ1) is 8.08. The molecule has 2 rings (SSSR count). The fourth-order valence-electron chi connectivity index (χ4n) is 3.02. The van der Waals surface area contributed by atoms with E-state index in [0.29, 0.717) is 6.42 Å². The van der Waals surface area contributed by atoms with Crippen LogP contribution in [0.5, 0.6) is 0 Å². The quantitative estimate of drug-likeness (QED) is 0.809. The fourth-order valence-corrected chi connectivity index (χ4v) is 3.02. The number of likely N-dealkylation sites (tertiary alicyclic amines) is 1. The molecule has 1 saturated carbocycles. The Morgan fingerprint density at radius 1 is 1.59 bits per heavy atom. The Labute approximate surface area is 102 Å². The zero-order valence-electron chi connectivity index (χ0n) is 10.4. The Balaban J connectivity index is 2.03. The number of carboxylic acids is 1. The largest absolute Gasteiger partial charge is 0.480 e. The summed E-state index contributed by atoms with van der Waals surface area (Å²) in [4.78, 5) is 13.4. The molecule has 94 valence electrons. The second kappa shape index (κ2) is 4.66. The van der Waals surface area contributed by atoms with Crippen molar-refractivity contribution >= 4 is 5.97 Å². The molecule has 17 heavy (non-hydrogen) atoms. The molecule has 0 spiro atoms. The van der Waals surface area contributed by atoms with Crippen LogP contribution < -0.4 is 0 Å². The summed E-state index contributed by atoms with van der Waals surface area (Å²) in [6, 6.07) is 1.89. The third kappa shape index (κ3) is 2.61. The maximum Gasteiger partial charge on any atom is 0.321 e. The zero-order valence-corrected chi connectivity index (χ0v) is 10.4. The van der Waals surface area contributed by atoms with Crippen molar-refractivity contribution < 1.29 is 9.90 Å². The molecule has 4 heteroatoms. The minimum absolute atomic E-state index is 0.111. The number of nitriles is 1. The van der Waals surface area contributed by atoms with Gasteiger partial charge in [-0.05, 0) is 43.6 Å². The van der Waals surface area contributed by atoms with Gasteiger partial charge in [-0.3, -0.25) is 9.69 Å². The molecule has 1 saturated heterocycles. The van der Waals surface area contributed by atoms with Gasteiger partial charge in [0.25, 0.3) is 0 Å². The van der Waals surface area contributed by atoms with Crippen LogP contribution in [0.3, 0.4) is 0 Å². The molecule has 2 fully saturated rings. The van der Waals surface area contributed by atoms with Crippen LogP contribution in [-0.4, -0.2) is 35.1 Å². The van der Waals surface area contributed by atoms with Crippen LogP contribution in [0.2, 0.25) is 0 Å². The van der Waals surface area contributed by atoms with Gasteiger partial charge in [-0.2, -0.15) is 5.26 Å². The van der Waals surface area contributed by atoms with Crippen LogP contribution in [0.25, 0.3) is 0 Å². The smallest absolute Gasteiger partial charge is 0.321 e. The third-order valence-corrected chi connectivity index (χ3v) is 4.24. The summed E-state index contributed by atoms with van der Waals surface area (Å²) >= 11 is 0. The van der Waals surface area contributed by atoms with Crippen LogP contribution >= 0.6 is 0 Å². The average molecular weight is 236 g/mol. The lowest BCUT2D eigenvalue weighted by atomic mass is 9.89. The van der Waals surface area contributed by atoms with E-state index in [-0.39, 0.29) is 17.4 Å². The lowest BCUT2D eigenvalue weighted by Gasteiger charge is -2.39. The highest BCUT2D eigenvalue weighted by Crippen LogP contribution is 2.49. The summed E-state index contributed by atoms with van der Waals surface area (Å²) in [5.74, 6) is -0.482. The number of hydrogen-bond donors (Lipinski definition) is 1. The summed E-state index contributed by atoms with van der Waals surface area (Å²) in [5.41, 5.74) is 0.111. The topological polar surface area (TPSA) is 64.3 Å². The van der Waals surface area contributed by atoms with Crippen molar-refractivity contribution in [1.82, 2.24) is 4.90 Å². The van der Waals surface area contributed by atoms with Gasteiger partial charge in [0.05, 0.1) is 6.07 Å². The molecule has 2 atom stereocenters. The molecule has 0 aromatic rings. The second-order valence-corrected chi connectivity index (χ2v) is 5.71. The van der Waals surface area contributed by atoms with Gasteiger partial charge in [-0.15, -0.1) is 0 Å². The van der Waals surface area contributed by atoms with Gasteiger partial charge < -0.3 is 5.11 Å². The van der Waals surface area contributed by atoms with Gasteiger partial charge in [0.2, 0.25) is 0 Å². The molecule has 0 aromatic carbocycles. The number of rotatable bonds is 4. The summed E-state index contributed by atoms with van der Waals surface area (Å²) in [6.07, 6.45) is 4.81. The molecule has 4 nitrogen and oxygen atoms in total. The van der Waals surface area contributed by atoms with E-state index in [2.05, 4.69) is 11.0 Å². The molecule has 1 aliphatic heterocycles. The van der Waals surface area contributed by atoms with E-state index < -0.39 is 5.97 Å². The molecule has 1 N–H and O–H groups in total. The van der Waals surface area contributed by atoms with Gasteiger partial charge in [0, 0.05) is 13.0 Å². The molecular weight excluding hydrogens is 216 g/mol. The van der Waals surface area contributed by atoms with Gasteiger partial charge in [0.15, 0.2) is 0 Å². The first-order valence-electron chi connectivity index (χ1n) is 6.42. The van der Waals surface area contributed by atoms with Crippen LogP contribution in [0.4, 0.5) is 0 Å². The van der Waals surface area contributed by atoms with Gasteiger partial charge in [0.1, 0.15) is 6.04 Å². The molecule has 0 aromatic heterocycles. The number of carbonyl (C=O) groups is 1. The molecule has 1 aliphatic carbocycles. The third-order valence-electron chi connectivity index (χ3n) is 4.24. The molecular formula is C13H20N2O2. The Morgan fingerprint density at radius 2 is 2.29 bits per heavy atom. The Hall–Kier alpha value is -1.08. The monoisotopic (exact) mass is 236 g/mol. The molecule has 1 heterocycles. The van der Waals surface area contributed by atoms with Crippen molar-refractivity contribution in [3.63, 3.8) is 0 Å². The SMILES string of the molecule is CC1CCCN(CC2(CC#N)CC2)C1C(=O)O. The van der Waals surface area contributed by atoms with Crippen molar-refractivity contribution in [2.45, 2.75) is 45.1 Å². The number of nitrogens with zero attached hydrogens (tertiary/aromatic N) is 2. The zero-order chi connectivity index (χ0) is 12.5. The normalized spacial score (nSPS) is 31.8.